The Kier molecular flexibility index (Phi) is 4.14. The van der Waals surface area contributed by atoms with Gasteiger partial charge in [-0.3, -0.25) is 4.98 Å². The van der Waals surface area contributed by atoms with E-state index in [0.29, 0.717) is 18.1 Å². The molecule has 6 heteroatoms. The van der Waals surface area contributed by atoms with E-state index >= 15 is 0 Å². The van der Waals surface area contributed by atoms with Crippen molar-refractivity contribution in [3.05, 3.63) is 47.4 Å². The highest BCUT2D eigenvalue weighted by Gasteiger charge is 2.10. The minimum Gasteiger partial charge on any atom is -0.464 e. The molecule has 0 amide bonds. The quantitative estimate of drug-likeness (QED) is 0.824. The molecule has 2 aromatic rings. The zero-order valence-electron chi connectivity index (χ0n) is 11.4. The van der Waals surface area contributed by atoms with Crippen LogP contribution in [0.4, 0.5) is 11.5 Å². The summed E-state index contributed by atoms with van der Waals surface area (Å²) < 4.78 is 4.63. The number of carbonyl (C=O) groups excluding carboxylic acids is 1. The molecule has 0 saturated heterocycles. The molecule has 3 N–H and O–H groups in total. The summed E-state index contributed by atoms with van der Waals surface area (Å²) in [7, 11) is 1.31. The average Bonchev–Trinajstić information content (AvgIpc) is 2.47. The second-order valence-electron chi connectivity index (χ2n) is 4.28. The van der Waals surface area contributed by atoms with E-state index in [1.54, 1.807) is 18.5 Å². The molecule has 0 aliphatic heterocycles. The number of aromatic nitrogens is 2. The SMILES string of the molecule is COC(=O)c1ccc(N)c(NCc2ccncc2C)n1. The monoisotopic (exact) mass is 272 g/mol. The number of nitrogens with two attached hydrogens (primary N) is 1. The van der Waals surface area contributed by atoms with Crippen molar-refractivity contribution in [1.29, 1.82) is 0 Å². The second kappa shape index (κ2) is 6.01. The van der Waals surface area contributed by atoms with Crippen LogP contribution in [0.5, 0.6) is 0 Å². The van der Waals surface area contributed by atoms with Gasteiger partial charge in [-0.25, -0.2) is 9.78 Å². The first kappa shape index (κ1) is 13.8. The fraction of sp³-hybridized carbons (Fsp3) is 0.214. The summed E-state index contributed by atoms with van der Waals surface area (Å²) in [6.45, 7) is 2.53. The average molecular weight is 272 g/mol. The fourth-order valence-electron chi connectivity index (χ4n) is 1.71. The number of nitrogen functional groups attached to an aromatic ring is 1. The molecule has 0 bridgehead atoms. The van der Waals surface area contributed by atoms with Crippen molar-refractivity contribution in [2.24, 2.45) is 0 Å². The number of esters is 1. The van der Waals surface area contributed by atoms with Crippen LogP contribution >= 0.6 is 0 Å². The molecule has 104 valence electrons. The number of aryl methyl sites for hydroxylation is 1. The number of carbonyl (C=O) groups is 1. The van der Waals surface area contributed by atoms with Gasteiger partial charge in [0.2, 0.25) is 0 Å². The number of anilines is 2. The zero-order chi connectivity index (χ0) is 14.5. The van der Waals surface area contributed by atoms with Crippen molar-refractivity contribution in [1.82, 2.24) is 9.97 Å². The number of ether oxygens (including phenoxy) is 1. The van der Waals surface area contributed by atoms with E-state index in [0.717, 1.165) is 11.1 Å². The Morgan fingerprint density at radius 3 is 2.90 bits per heavy atom. The van der Waals surface area contributed by atoms with E-state index in [9.17, 15) is 4.79 Å². The number of methoxy groups -OCH3 is 1. The number of nitrogens with zero attached hydrogens (tertiary/aromatic N) is 2. The molecule has 0 fully saturated rings. The summed E-state index contributed by atoms with van der Waals surface area (Å²) in [5.41, 5.74) is 8.70. The molecule has 0 unspecified atom stereocenters. The van der Waals surface area contributed by atoms with Crippen LogP contribution in [-0.4, -0.2) is 23.0 Å². The molecule has 2 rings (SSSR count). The van der Waals surface area contributed by atoms with Gasteiger partial charge in [-0.05, 0) is 36.2 Å². The normalized spacial score (nSPS) is 10.1. The Balaban J connectivity index is 2.17. The van der Waals surface area contributed by atoms with Gasteiger partial charge in [-0.1, -0.05) is 0 Å². The molecule has 6 nitrogen and oxygen atoms in total. The molecule has 0 atom stereocenters. The van der Waals surface area contributed by atoms with Crippen LogP contribution in [0.3, 0.4) is 0 Å². The molecule has 0 aliphatic rings. The van der Waals surface area contributed by atoms with Crippen molar-refractivity contribution in [3.8, 4) is 0 Å². The number of pyridine rings is 2. The third-order valence-corrected chi connectivity index (χ3v) is 2.90. The third-order valence-electron chi connectivity index (χ3n) is 2.90. The molecule has 0 spiro atoms. The number of hydrogen-bond donors (Lipinski definition) is 2. The van der Waals surface area contributed by atoms with Gasteiger partial charge < -0.3 is 15.8 Å². The predicted molar refractivity (Wildman–Crippen MR) is 76.3 cm³/mol. The van der Waals surface area contributed by atoms with Gasteiger partial charge in [-0.2, -0.15) is 0 Å². The van der Waals surface area contributed by atoms with Crippen LogP contribution in [0.15, 0.2) is 30.6 Å². The van der Waals surface area contributed by atoms with Crippen molar-refractivity contribution >= 4 is 17.5 Å². The standard InChI is InChI=1S/C14H16N4O2/c1-9-7-16-6-5-10(9)8-17-13-11(15)3-4-12(18-13)14(19)20-2/h3-7H,8,15H2,1-2H3,(H,17,18). The van der Waals surface area contributed by atoms with Gasteiger partial charge in [0.15, 0.2) is 5.69 Å². The van der Waals surface area contributed by atoms with Gasteiger partial charge in [0, 0.05) is 18.9 Å². The minimum absolute atomic E-state index is 0.218. The Morgan fingerprint density at radius 1 is 1.40 bits per heavy atom. The lowest BCUT2D eigenvalue weighted by Crippen LogP contribution is -2.10. The van der Waals surface area contributed by atoms with Crippen LogP contribution in [0, 0.1) is 6.92 Å². The molecule has 2 aromatic heterocycles. The Bertz CT molecular complexity index is 628. The predicted octanol–water partition coefficient (Wildman–Crippen LogP) is 1.77. The fourth-order valence-corrected chi connectivity index (χ4v) is 1.71. The van der Waals surface area contributed by atoms with E-state index in [2.05, 4.69) is 20.0 Å². The first-order valence-corrected chi connectivity index (χ1v) is 6.10. The van der Waals surface area contributed by atoms with E-state index < -0.39 is 5.97 Å². The van der Waals surface area contributed by atoms with Crippen molar-refractivity contribution in [2.75, 3.05) is 18.2 Å². The lowest BCUT2D eigenvalue weighted by atomic mass is 10.1. The maximum atomic E-state index is 11.4. The Labute approximate surface area is 117 Å². The van der Waals surface area contributed by atoms with Gasteiger partial charge in [-0.15, -0.1) is 0 Å². The van der Waals surface area contributed by atoms with Crippen LogP contribution < -0.4 is 11.1 Å². The smallest absolute Gasteiger partial charge is 0.356 e. The largest absolute Gasteiger partial charge is 0.464 e. The molecule has 2 heterocycles. The van der Waals surface area contributed by atoms with E-state index in [1.165, 1.54) is 13.2 Å². The number of hydrogen-bond acceptors (Lipinski definition) is 6. The number of nitrogens with one attached hydrogen (secondary N) is 1. The maximum Gasteiger partial charge on any atom is 0.356 e. The Morgan fingerprint density at radius 2 is 2.20 bits per heavy atom. The summed E-state index contributed by atoms with van der Waals surface area (Å²) in [5.74, 6) is -0.0303. The minimum atomic E-state index is -0.492. The highest BCUT2D eigenvalue weighted by atomic mass is 16.5. The topological polar surface area (TPSA) is 90.1 Å². The number of rotatable bonds is 4. The highest BCUT2D eigenvalue weighted by molar-refractivity contribution is 5.88. The third kappa shape index (κ3) is 3.03. The van der Waals surface area contributed by atoms with Gasteiger partial charge in [0.1, 0.15) is 5.82 Å². The van der Waals surface area contributed by atoms with Crippen molar-refractivity contribution in [2.45, 2.75) is 13.5 Å². The van der Waals surface area contributed by atoms with Gasteiger partial charge in [0.05, 0.1) is 12.8 Å². The molecule has 20 heavy (non-hydrogen) atoms. The molecular formula is C14H16N4O2. The zero-order valence-corrected chi connectivity index (χ0v) is 11.4. The van der Waals surface area contributed by atoms with Crippen LogP contribution in [0.25, 0.3) is 0 Å². The van der Waals surface area contributed by atoms with Crippen molar-refractivity contribution in [3.63, 3.8) is 0 Å². The summed E-state index contributed by atoms with van der Waals surface area (Å²) in [6, 6.07) is 5.08. The highest BCUT2D eigenvalue weighted by Crippen LogP contribution is 2.17. The molecular weight excluding hydrogens is 256 g/mol. The van der Waals surface area contributed by atoms with E-state index in [-0.39, 0.29) is 5.69 Å². The lowest BCUT2D eigenvalue weighted by Gasteiger charge is -2.11. The van der Waals surface area contributed by atoms with Crippen LogP contribution in [-0.2, 0) is 11.3 Å². The summed E-state index contributed by atoms with van der Waals surface area (Å²) in [4.78, 5) is 19.6. The van der Waals surface area contributed by atoms with Crippen LogP contribution in [0.2, 0.25) is 0 Å². The van der Waals surface area contributed by atoms with Gasteiger partial charge >= 0.3 is 5.97 Å². The molecule has 0 radical (unpaired) electrons. The van der Waals surface area contributed by atoms with E-state index in [4.69, 9.17) is 5.73 Å². The Hall–Kier alpha value is -2.63. The summed E-state index contributed by atoms with van der Waals surface area (Å²) >= 11 is 0. The molecule has 0 aromatic carbocycles. The first-order chi connectivity index (χ1) is 9.61. The van der Waals surface area contributed by atoms with E-state index in [1.807, 2.05) is 13.0 Å². The van der Waals surface area contributed by atoms with Crippen molar-refractivity contribution < 1.29 is 9.53 Å². The molecule has 0 aliphatic carbocycles. The van der Waals surface area contributed by atoms with Gasteiger partial charge in [0.25, 0.3) is 0 Å². The first-order valence-electron chi connectivity index (χ1n) is 6.10. The van der Waals surface area contributed by atoms with Crippen LogP contribution in [0.1, 0.15) is 21.6 Å². The summed E-state index contributed by atoms with van der Waals surface area (Å²) in [5, 5.41) is 3.12. The molecule has 0 saturated carbocycles. The lowest BCUT2D eigenvalue weighted by molar-refractivity contribution is 0.0594. The summed E-state index contributed by atoms with van der Waals surface area (Å²) in [6.07, 6.45) is 3.52. The maximum absolute atomic E-state index is 11.4. The second-order valence-corrected chi connectivity index (χ2v) is 4.28.